The molecule has 2 saturated heterocycles. The first-order valence-electron chi connectivity index (χ1n) is 12.4. The summed E-state index contributed by atoms with van der Waals surface area (Å²) in [6, 6.07) is 13.3. The van der Waals surface area contributed by atoms with Gasteiger partial charge in [-0.15, -0.1) is 0 Å². The van der Waals surface area contributed by atoms with E-state index in [9.17, 15) is 5.21 Å². The van der Waals surface area contributed by atoms with Crippen molar-refractivity contribution in [2.24, 2.45) is 0 Å². The SMILES string of the molecule is CC(C)[N+]1([O-])CCN(c2ccc(OC[C@H]3CO[C@](Cn4cncn4)(c4ccc(Cl)cc4Cl)O3)cc2)CC1. The van der Waals surface area contributed by atoms with Gasteiger partial charge in [0.1, 0.15) is 37.7 Å². The summed E-state index contributed by atoms with van der Waals surface area (Å²) in [6.45, 7) is 7.59. The van der Waals surface area contributed by atoms with Crippen molar-refractivity contribution < 1.29 is 18.9 Å². The highest BCUT2D eigenvalue weighted by Gasteiger charge is 2.45. The van der Waals surface area contributed by atoms with E-state index in [1.54, 1.807) is 29.2 Å². The third-order valence-electron chi connectivity index (χ3n) is 7.11. The Labute approximate surface area is 226 Å². The molecule has 0 amide bonds. The van der Waals surface area contributed by atoms with Crippen LogP contribution in [0.5, 0.6) is 5.75 Å². The van der Waals surface area contributed by atoms with Gasteiger partial charge in [0.05, 0.1) is 43.9 Å². The van der Waals surface area contributed by atoms with Crippen LogP contribution in [-0.4, -0.2) is 70.9 Å². The molecule has 37 heavy (non-hydrogen) atoms. The van der Waals surface area contributed by atoms with Gasteiger partial charge in [-0.3, -0.25) is 0 Å². The third-order valence-corrected chi connectivity index (χ3v) is 7.66. The van der Waals surface area contributed by atoms with Gasteiger partial charge < -0.3 is 29.0 Å². The smallest absolute Gasteiger partial charge is 0.217 e. The highest BCUT2D eigenvalue weighted by atomic mass is 35.5. The Balaban J connectivity index is 1.21. The van der Waals surface area contributed by atoms with Crippen molar-refractivity contribution >= 4 is 28.9 Å². The van der Waals surface area contributed by atoms with Gasteiger partial charge in [0.25, 0.3) is 0 Å². The molecule has 5 rings (SSSR count). The van der Waals surface area contributed by atoms with Gasteiger partial charge in [0.2, 0.25) is 5.79 Å². The normalized spacial score (nSPS) is 23.5. The molecule has 11 heteroatoms. The topological polar surface area (TPSA) is 84.7 Å². The first-order chi connectivity index (χ1) is 17.8. The molecule has 0 saturated carbocycles. The number of rotatable bonds is 8. The zero-order chi connectivity index (χ0) is 26.0. The van der Waals surface area contributed by atoms with E-state index in [0.717, 1.165) is 24.5 Å². The summed E-state index contributed by atoms with van der Waals surface area (Å²) in [6.07, 6.45) is 2.74. The van der Waals surface area contributed by atoms with Gasteiger partial charge in [-0.2, -0.15) is 5.10 Å². The number of quaternary nitrogens is 1. The lowest BCUT2D eigenvalue weighted by Gasteiger charge is -2.51. The van der Waals surface area contributed by atoms with Crippen LogP contribution in [0.3, 0.4) is 0 Å². The van der Waals surface area contributed by atoms with Crippen LogP contribution < -0.4 is 9.64 Å². The summed E-state index contributed by atoms with van der Waals surface area (Å²) in [5.74, 6) is -0.411. The minimum absolute atomic E-state index is 0.0883. The minimum Gasteiger partial charge on any atom is -0.633 e. The number of hydrogen-bond donors (Lipinski definition) is 0. The Kier molecular flexibility index (Phi) is 7.63. The molecule has 2 atom stereocenters. The lowest BCUT2D eigenvalue weighted by molar-refractivity contribution is -0.902. The predicted octanol–water partition coefficient (Wildman–Crippen LogP) is 4.48. The second-order valence-corrected chi connectivity index (χ2v) is 10.6. The largest absolute Gasteiger partial charge is 0.633 e. The van der Waals surface area contributed by atoms with Crippen LogP contribution in [0, 0.1) is 5.21 Å². The molecule has 3 heterocycles. The maximum atomic E-state index is 12.8. The number of benzene rings is 2. The average molecular weight is 548 g/mol. The fraction of sp³-hybridized carbons (Fsp3) is 0.462. The molecule has 198 valence electrons. The minimum atomic E-state index is -1.15. The molecule has 0 radical (unpaired) electrons. The molecule has 0 unspecified atom stereocenters. The molecule has 9 nitrogen and oxygen atoms in total. The number of anilines is 1. The van der Waals surface area contributed by atoms with E-state index in [-0.39, 0.29) is 23.3 Å². The summed E-state index contributed by atoms with van der Waals surface area (Å²) >= 11 is 12.6. The predicted molar refractivity (Wildman–Crippen MR) is 142 cm³/mol. The highest BCUT2D eigenvalue weighted by molar-refractivity contribution is 6.35. The Morgan fingerprint density at radius 3 is 2.57 bits per heavy atom. The maximum absolute atomic E-state index is 12.8. The van der Waals surface area contributed by atoms with Crippen LogP contribution >= 0.6 is 23.2 Å². The number of ether oxygens (including phenoxy) is 3. The standard InChI is InChI=1S/C26H31Cl2N5O4/c1-19(2)33(34)11-9-31(10-12-33)21-4-6-22(7-5-21)35-14-23-15-36-26(37-23,16-32-18-29-17-30-32)24-8-3-20(27)13-25(24)28/h3-8,13,17-19,23H,9-12,14-16H2,1-2H3/t23-,26-/m0/s1. The number of aromatic nitrogens is 3. The van der Waals surface area contributed by atoms with Gasteiger partial charge >= 0.3 is 0 Å². The van der Waals surface area contributed by atoms with Crippen molar-refractivity contribution in [2.45, 2.75) is 38.3 Å². The Morgan fingerprint density at radius 2 is 1.92 bits per heavy atom. The molecule has 3 aromatic rings. The second-order valence-electron chi connectivity index (χ2n) is 9.81. The molecule has 0 bridgehead atoms. The van der Waals surface area contributed by atoms with E-state index in [4.69, 9.17) is 37.4 Å². The molecule has 0 spiro atoms. The van der Waals surface area contributed by atoms with Crippen molar-refractivity contribution in [3.8, 4) is 5.75 Å². The van der Waals surface area contributed by atoms with Crippen LogP contribution in [-0.2, 0) is 21.8 Å². The number of halogens is 2. The number of hydroxylamine groups is 3. The van der Waals surface area contributed by atoms with Crippen molar-refractivity contribution in [1.82, 2.24) is 14.8 Å². The van der Waals surface area contributed by atoms with E-state index in [0.29, 0.717) is 41.9 Å². The summed E-state index contributed by atoms with van der Waals surface area (Å²) in [5.41, 5.74) is 1.76. The van der Waals surface area contributed by atoms with Gasteiger partial charge in [0.15, 0.2) is 0 Å². The molecule has 2 fully saturated rings. The second kappa shape index (κ2) is 10.8. The summed E-state index contributed by atoms with van der Waals surface area (Å²) in [5, 5.41) is 17.9. The fourth-order valence-corrected chi connectivity index (χ4v) is 5.36. The summed E-state index contributed by atoms with van der Waals surface area (Å²) in [7, 11) is 0. The summed E-state index contributed by atoms with van der Waals surface area (Å²) in [4.78, 5) is 6.27. The van der Waals surface area contributed by atoms with Crippen molar-refractivity contribution in [2.75, 3.05) is 44.3 Å². The quantitative estimate of drug-likeness (QED) is 0.303. The van der Waals surface area contributed by atoms with Crippen LogP contribution in [0.15, 0.2) is 55.1 Å². The molecular formula is C26H31Cl2N5O4. The van der Waals surface area contributed by atoms with Gasteiger partial charge in [0, 0.05) is 16.3 Å². The average Bonchev–Trinajstić information content (AvgIpc) is 3.54. The molecule has 1 aromatic heterocycles. The monoisotopic (exact) mass is 547 g/mol. The molecule has 0 N–H and O–H groups in total. The van der Waals surface area contributed by atoms with Crippen molar-refractivity contribution in [1.29, 1.82) is 0 Å². The zero-order valence-electron chi connectivity index (χ0n) is 20.9. The Hall–Kier alpha value is -2.40. The van der Waals surface area contributed by atoms with Gasteiger partial charge in [-0.05, 0) is 50.2 Å². The number of nitrogens with zero attached hydrogens (tertiary/aromatic N) is 5. The molecular weight excluding hydrogens is 517 g/mol. The van der Waals surface area contributed by atoms with E-state index in [1.165, 1.54) is 6.33 Å². The van der Waals surface area contributed by atoms with Gasteiger partial charge in [-0.25, -0.2) is 9.67 Å². The van der Waals surface area contributed by atoms with Crippen LogP contribution in [0.25, 0.3) is 0 Å². The van der Waals surface area contributed by atoms with E-state index in [1.807, 2.05) is 38.1 Å². The highest BCUT2D eigenvalue weighted by Crippen LogP contribution is 2.40. The van der Waals surface area contributed by atoms with Crippen LogP contribution in [0.1, 0.15) is 19.4 Å². The maximum Gasteiger partial charge on any atom is 0.217 e. The van der Waals surface area contributed by atoms with Gasteiger partial charge in [-0.1, -0.05) is 29.3 Å². The lowest BCUT2D eigenvalue weighted by Crippen LogP contribution is -2.59. The molecule has 2 aliphatic rings. The first-order valence-corrected chi connectivity index (χ1v) is 13.2. The van der Waals surface area contributed by atoms with E-state index in [2.05, 4.69) is 15.0 Å². The molecule has 2 aromatic carbocycles. The van der Waals surface area contributed by atoms with Crippen molar-refractivity contribution in [3.05, 3.63) is 75.9 Å². The van der Waals surface area contributed by atoms with Crippen molar-refractivity contribution in [3.63, 3.8) is 0 Å². The third kappa shape index (κ3) is 5.72. The van der Waals surface area contributed by atoms with E-state index < -0.39 is 5.79 Å². The lowest BCUT2D eigenvalue weighted by atomic mass is 10.1. The Bertz CT molecular complexity index is 1190. The molecule has 0 aliphatic carbocycles. The Morgan fingerprint density at radius 1 is 1.16 bits per heavy atom. The first kappa shape index (κ1) is 26.2. The fourth-order valence-electron chi connectivity index (χ4n) is 4.80. The van der Waals surface area contributed by atoms with Crippen LogP contribution in [0.2, 0.25) is 10.0 Å². The van der Waals surface area contributed by atoms with Crippen LogP contribution in [0.4, 0.5) is 5.69 Å². The number of piperazine rings is 1. The van der Waals surface area contributed by atoms with E-state index >= 15 is 0 Å². The molecule has 2 aliphatic heterocycles. The zero-order valence-corrected chi connectivity index (χ0v) is 22.4. The number of hydrogen-bond acceptors (Lipinski definition) is 7. The summed E-state index contributed by atoms with van der Waals surface area (Å²) < 4.78 is 20.2.